The Hall–Kier alpha value is -1.50. The Morgan fingerprint density at radius 1 is 1.38 bits per heavy atom. The smallest absolute Gasteiger partial charge is 0.326 e. The second kappa shape index (κ2) is 6.09. The van der Waals surface area contributed by atoms with Gasteiger partial charge in [0.05, 0.1) is 21.8 Å². The number of amides is 2. The monoisotopic (exact) mass is 332 g/mol. The number of carbonyl (C=O) groups is 2. The van der Waals surface area contributed by atoms with E-state index in [1.165, 1.54) is 0 Å². The minimum absolute atomic E-state index is 0.00195. The van der Waals surface area contributed by atoms with Crippen LogP contribution in [0.5, 0.6) is 0 Å². The van der Waals surface area contributed by atoms with Crippen molar-refractivity contribution in [1.29, 1.82) is 0 Å². The van der Waals surface area contributed by atoms with E-state index < -0.39 is 24.1 Å². The van der Waals surface area contributed by atoms with Crippen molar-refractivity contribution in [3.8, 4) is 0 Å². The first-order valence-corrected chi connectivity index (χ1v) is 7.00. The number of carbonyl (C=O) groups excluding carboxylic acids is 1. The molecular formula is C13H14Cl2N2O4. The number of hydrogen-bond acceptors (Lipinski definition) is 3. The average molecular weight is 333 g/mol. The molecule has 2 atom stereocenters. The highest BCUT2D eigenvalue weighted by atomic mass is 35.5. The lowest BCUT2D eigenvalue weighted by atomic mass is 10.2. The Morgan fingerprint density at radius 2 is 2.05 bits per heavy atom. The predicted octanol–water partition coefficient (Wildman–Crippen LogP) is 2.35. The Kier molecular flexibility index (Phi) is 4.61. The van der Waals surface area contributed by atoms with E-state index >= 15 is 0 Å². The van der Waals surface area contributed by atoms with Gasteiger partial charge in [-0.25, -0.2) is 9.59 Å². The number of rotatable bonds is 2. The predicted molar refractivity (Wildman–Crippen MR) is 79.0 cm³/mol. The lowest BCUT2D eigenvalue weighted by Gasteiger charge is -2.22. The van der Waals surface area contributed by atoms with E-state index in [1.54, 1.807) is 19.1 Å². The van der Waals surface area contributed by atoms with Gasteiger partial charge < -0.3 is 20.4 Å². The van der Waals surface area contributed by atoms with Gasteiger partial charge in [-0.3, -0.25) is 0 Å². The Labute approximate surface area is 131 Å². The van der Waals surface area contributed by atoms with Gasteiger partial charge in [-0.05, 0) is 18.6 Å². The molecule has 0 bridgehead atoms. The van der Waals surface area contributed by atoms with Crippen LogP contribution in [0.1, 0.15) is 12.0 Å². The van der Waals surface area contributed by atoms with Crippen molar-refractivity contribution in [3.63, 3.8) is 0 Å². The van der Waals surface area contributed by atoms with E-state index in [0.29, 0.717) is 5.02 Å². The highest BCUT2D eigenvalue weighted by Gasteiger charge is 2.39. The normalized spacial score (nSPS) is 21.4. The van der Waals surface area contributed by atoms with Crippen molar-refractivity contribution in [3.05, 3.63) is 27.7 Å². The fourth-order valence-electron chi connectivity index (χ4n) is 2.22. The molecule has 1 aliphatic heterocycles. The number of benzene rings is 1. The molecule has 0 saturated carbocycles. The van der Waals surface area contributed by atoms with Crippen molar-refractivity contribution in [2.24, 2.45) is 0 Å². The SMILES string of the molecule is Cc1ccc(Cl)c(NC(=O)N2CC(O)C[C@H]2C(=O)O)c1Cl. The van der Waals surface area contributed by atoms with Crippen LogP contribution >= 0.6 is 23.2 Å². The molecule has 3 N–H and O–H groups in total. The number of hydrogen-bond donors (Lipinski definition) is 3. The molecule has 0 spiro atoms. The molecule has 21 heavy (non-hydrogen) atoms. The molecule has 1 fully saturated rings. The summed E-state index contributed by atoms with van der Waals surface area (Å²) in [6, 6.07) is 1.57. The molecule has 1 saturated heterocycles. The van der Waals surface area contributed by atoms with Gasteiger partial charge >= 0.3 is 12.0 Å². The molecule has 0 aliphatic carbocycles. The lowest BCUT2D eigenvalue weighted by molar-refractivity contribution is -0.141. The highest BCUT2D eigenvalue weighted by molar-refractivity contribution is 6.40. The number of carboxylic acids is 1. The molecule has 8 heteroatoms. The molecule has 0 radical (unpaired) electrons. The van der Waals surface area contributed by atoms with Crippen LogP contribution in [0.4, 0.5) is 10.5 Å². The van der Waals surface area contributed by atoms with Crippen molar-refractivity contribution in [1.82, 2.24) is 4.90 Å². The first-order chi connectivity index (χ1) is 9.81. The topological polar surface area (TPSA) is 89.9 Å². The molecule has 2 amide bonds. The summed E-state index contributed by atoms with van der Waals surface area (Å²) in [5.74, 6) is -1.16. The van der Waals surface area contributed by atoms with Gasteiger partial charge in [0.15, 0.2) is 0 Å². The summed E-state index contributed by atoms with van der Waals surface area (Å²) in [5.41, 5.74) is 0.960. The summed E-state index contributed by atoms with van der Waals surface area (Å²) in [4.78, 5) is 24.4. The molecule has 114 valence electrons. The van der Waals surface area contributed by atoms with Gasteiger partial charge in [0, 0.05) is 13.0 Å². The van der Waals surface area contributed by atoms with E-state index in [0.717, 1.165) is 10.5 Å². The standard InChI is InChI=1S/C13H14Cl2N2O4/c1-6-2-3-8(14)11(10(6)15)16-13(21)17-5-7(18)4-9(17)12(19)20/h2-3,7,9,18H,4-5H2,1H3,(H,16,21)(H,19,20)/t7?,9-/m0/s1. The minimum atomic E-state index is -1.16. The molecule has 1 unspecified atom stereocenters. The van der Waals surface area contributed by atoms with Crippen molar-refractivity contribution in [2.45, 2.75) is 25.5 Å². The molecule has 1 aromatic rings. The maximum Gasteiger partial charge on any atom is 0.326 e. The van der Waals surface area contributed by atoms with Crippen LogP contribution < -0.4 is 5.32 Å². The number of aliphatic hydroxyl groups is 1. The van der Waals surface area contributed by atoms with Gasteiger partial charge in [0.1, 0.15) is 6.04 Å². The lowest BCUT2D eigenvalue weighted by Crippen LogP contribution is -2.43. The second-order valence-electron chi connectivity index (χ2n) is 4.88. The number of nitrogens with zero attached hydrogens (tertiary/aromatic N) is 1. The summed E-state index contributed by atoms with van der Waals surface area (Å²) in [5, 5.41) is 21.7. The third kappa shape index (κ3) is 3.23. The van der Waals surface area contributed by atoms with Gasteiger partial charge in [0.2, 0.25) is 0 Å². The van der Waals surface area contributed by atoms with Gasteiger partial charge in [-0.15, -0.1) is 0 Å². The Morgan fingerprint density at radius 3 is 2.67 bits per heavy atom. The van der Waals surface area contributed by atoms with Crippen molar-refractivity contribution < 1.29 is 19.8 Å². The minimum Gasteiger partial charge on any atom is -0.480 e. The van der Waals surface area contributed by atoms with E-state index in [4.69, 9.17) is 28.3 Å². The number of anilines is 1. The third-order valence-corrected chi connectivity index (χ3v) is 4.14. The Balaban J connectivity index is 2.22. The van der Waals surface area contributed by atoms with E-state index in [9.17, 15) is 14.7 Å². The summed E-state index contributed by atoms with van der Waals surface area (Å²) in [6.45, 7) is 1.71. The van der Waals surface area contributed by atoms with Crippen LogP contribution in [0.15, 0.2) is 12.1 Å². The zero-order chi connectivity index (χ0) is 15.7. The molecule has 1 aliphatic rings. The number of urea groups is 1. The summed E-state index contributed by atoms with van der Waals surface area (Å²) in [7, 11) is 0. The van der Waals surface area contributed by atoms with Crippen LogP contribution in [0.25, 0.3) is 0 Å². The average Bonchev–Trinajstić information content (AvgIpc) is 2.81. The second-order valence-corrected chi connectivity index (χ2v) is 5.66. The fourth-order valence-corrected chi connectivity index (χ4v) is 2.69. The number of aryl methyl sites for hydroxylation is 1. The number of nitrogens with one attached hydrogen (secondary N) is 1. The van der Waals surface area contributed by atoms with Crippen molar-refractivity contribution in [2.75, 3.05) is 11.9 Å². The zero-order valence-corrected chi connectivity index (χ0v) is 12.6. The molecule has 0 aromatic heterocycles. The maximum absolute atomic E-state index is 12.2. The number of carboxylic acid groups (broad SMARTS) is 1. The van der Waals surface area contributed by atoms with E-state index in [1.807, 2.05) is 0 Å². The molecule has 1 aromatic carbocycles. The van der Waals surface area contributed by atoms with Gasteiger partial charge in [-0.2, -0.15) is 0 Å². The first-order valence-electron chi connectivity index (χ1n) is 6.24. The van der Waals surface area contributed by atoms with E-state index in [2.05, 4.69) is 5.32 Å². The van der Waals surface area contributed by atoms with Crippen LogP contribution in [0, 0.1) is 6.92 Å². The Bertz CT molecular complexity index is 594. The van der Waals surface area contributed by atoms with Crippen LogP contribution in [-0.4, -0.2) is 45.8 Å². The quantitative estimate of drug-likeness (QED) is 0.775. The maximum atomic E-state index is 12.2. The van der Waals surface area contributed by atoms with Gasteiger partial charge in [-0.1, -0.05) is 29.3 Å². The third-order valence-electron chi connectivity index (χ3n) is 3.34. The zero-order valence-electron chi connectivity index (χ0n) is 11.1. The van der Waals surface area contributed by atoms with Crippen LogP contribution in [0.2, 0.25) is 10.0 Å². The summed E-state index contributed by atoms with van der Waals surface area (Å²) >= 11 is 12.1. The van der Waals surface area contributed by atoms with E-state index in [-0.39, 0.29) is 23.7 Å². The van der Waals surface area contributed by atoms with Crippen LogP contribution in [-0.2, 0) is 4.79 Å². The number of aliphatic hydroxyl groups excluding tert-OH is 1. The fraction of sp³-hybridized carbons (Fsp3) is 0.385. The van der Waals surface area contributed by atoms with Gasteiger partial charge in [0.25, 0.3) is 0 Å². The number of likely N-dealkylation sites (tertiary alicyclic amines) is 1. The summed E-state index contributed by atoms with van der Waals surface area (Å²) in [6.07, 6.45) is -0.863. The first kappa shape index (κ1) is 15.9. The molecular weight excluding hydrogens is 319 g/mol. The van der Waals surface area contributed by atoms with Crippen LogP contribution in [0.3, 0.4) is 0 Å². The number of β-amino-alcohol motifs (C(OH)–C–C–N with tert-alkyl or cyclic N) is 1. The molecule has 1 heterocycles. The summed E-state index contributed by atoms with van der Waals surface area (Å²) < 4.78 is 0. The number of halogens is 2. The largest absolute Gasteiger partial charge is 0.480 e. The molecule has 6 nitrogen and oxygen atoms in total. The van der Waals surface area contributed by atoms with Crippen molar-refractivity contribution >= 4 is 40.9 Å². The molecule has 2 rings (SSSR count). The highest BCUT2D eigenvalue weighted by Crippen LogP contribution is 2.33. The number of aliphatic carboxylic acids is 1.